The molecule has 6 heteroatoms. The summed E-state index contributed by atoms with van der Waals surface area (Å²) < 4.78 is 0. The van der Waals surface area contributed by atoms with Crippen LogP contribution in [0.5, 0.6) is 0 Å². The van der Waals surface area contributed by atoms with E-state index in [2.05, 4.69) is 24.1 Å². The molecule has 6 nitrogen and oxygen atoms in total. The molecular weight excluding hydrogens is 380 g/mol. The molecule has 1 aromatic rings. The Hall–Kier alpha value is -2.08. The van der Waals surface area contributed by atoms with Crippen molar-refractivity contribution in [1.29, 1.82) is 0 Å². The molecule has 1 saturated carbocycles. The highest BCUT2D eigenvalue weighted by molar-refractivity contribution is 5.80. The number of rotatable bonds is 5. The molecule has 0 unspecified atom stereocenters. The van der Waals surface area contributed by atoms with Gasteiger partial charge in [0.25, 0.3) is 0 Å². The number of carboxylic acids is 2. The van der Waals surface area contributed by atoms with Crippen LogP contribution in [0.15, 0.2) is 24.3 Å². The number of benzene rings is 1. The van der Waals surface area contributed by atoms with Crippen molar-refractivity contribution in [3.63, 3.8) is 0 Å². The number of piperidine rings is 1. The molecule has 0 amide bonds. The summed E-state index contributed by atoms with van der Waals surface area (Å²) in [7, 11) is 2.25. The quantitative estimate of drug-likeness (QED) is 0.617. The highest BCUT2D eigenvalue weighted by atomic mass is 16.4. The minimum absolute atomic E-state index is 0.437. The van der Waals surface area contributed by atoms with Gasteiger partial charge < -0.3 is 20.8 Å². The Labute approximate surface area is 180 Å². The maximum absolute atomic E-state index is 11.1. The first-order valence-electron chi connectivity index (χ1n) is 11.0. The van der Waals surface area contributed by atoms with E-state index in [1.165, 1.54) is 37.8 Å². The topological polar surface area (TPSA) is 104 Å². The van der Waals surface area contributed by atoms with E-state index in [0.29, 0.717) is 12.8 Å². The summed E-state index contributed by atoms with van der Waals surface area (Å²) in [4.78, 5) is 24.6. The summed E-state index contributed by atoms with van der Waals surface area (Å²) in [6.45, 7) is 6.35. The third kappa shape index (κ3) is 5.15. The van der Waals surface area contributed by atoms with Crippen LogP contribution in [0.2, 0.25) is 0 Å². The fourth-order valence-corrected chi connectivity index (χ4v) is 4.91. The van der Waals surface area contributed by atoms with E-state index in [9.17, 15) is 9.59 Å². The minimum Gasteiger partial charge on any atom is -0.481 e. The highest BCUT2D eigenvalue weighted by Gasteiger charge is 2.58. The van der Waals surface area contributed by atoms with Crippen molar-refractivity contribution in [3.05, 3.63) is 29.8 Å². The van der Waals surface area contributed by atoms with Gasteiger partial charge in [-0.3, -0.25) is 9.59 Å². The number of likely N-dealkylation sites (tertiary alicyclic amines) is 1. The number of nitrogen functional groups attached to an aromatic ring is 1. The summed E-state index contributed by atoms with van der Waals surface area (Å²) in [5, 5.41) is 18.1. The number of hydrogen-bond acceptors (Lipinski definition) is 4. The molecule has 0 spiro atoms. The Kier molecular flexibility index (Phi) is 7.92. The van der Waals surface area contributed by atoms with Crippen molar-refractivity contribution in [2.24, 2.45) is 16.7 Å². The number of nitrogens with two attached hydrogens (primary N) is 1. The molecular formula is C24H38N2O4. The molecule has 2 aliphatic rings. The van der Waals surface area contributed by atoms with Gasteiger partial charge >= 0.3 is 11.9 Å². The van der Waals surface area contributed by atoms with Gasteiger partial charge in [0.15, 0.2) is 0 Å². The average molecular weight is 419 g/mol. The zero-order valence-corrected chi connectivity index (χ0v) is 18.9. The fourth-order valence-electron chi connectivity index (χ4n) is 4.91. The van der Waals surface area contributed by atoms with Gasteiger partial charge in [0.2, 0.25) is 0 Å². The number of para-hydroxylation sites is 1. The predicted molar refractivity (Wildman–Crippen MR) is 119 cm³/mol. The molecule has 168 valence electrons. The maximum atomic E-state index is 11.1. The zero-order chi connectivity index (χ0) is 22.5. The van der Waals surface area contributed by atoms with Crippen LogP contribution in [0.25, 0.3) is 0 Å². The van der Waals surface area contributed by atoms with Gasteiger partial charge in [-0.05, 0) is 76.1 Å². The molecule has 2 fully saturated rings. The monoisotopic (exact) mass is 418 g/mol. The summed E-state index contributed by atoms with van der Waals surface area (Å²) in [5.74, 6) is -2.34. The summed E-state index contributed by atoms with van der Waals surface area (Å²) in [6.07, 6.45) is 7.34. The van der Waals surface area contributed by atoms with Gasteiger partial charge in [0.05, 0.1) is 11.3 Å². The van der Waals surface area contributed by atoms with E-state index in [1.807, 2.05) is 12.1 Å². The maximum Gasteiger partial charge on any atom is 0.309 e. The van der Waals surface area contributed by atoms with Crippen LogP contribution < -0.4 is 5.73 Å². The Morgan fingerprint density at radius 2 is 1.80 bits per heavy atom. The number of nitrogens with zero attached hydrogens (tertiary/aromatic N) is 1. The summed E-state index contributed by atoms with van der Waals surface area (Å²) in [5.41, 5.74) is 6.60. The Bertz CT molecular complexity index is 748. The van der Waals surface area contributed by atoms with E-state index in [4.69, 9.17) is 15.9 Å². The van der Waals surface area contributed by atoms with Crippen LogP contribution in [0, 0.1) is 16.7 Å². The van der Waals surface area contributed by atoms with Crippen molar-refractivity contribution in [2.75, 3.05) is 19.3 Å². The molecule has 1 aliphatic carbocycles. The first-order valence-corrected chi connectivity index (χ1v) is 11.0. The smallest absolute Gasteiger partial charge is 0.309 e. The van der Waals surface area contributed by atoms with Gasteiger partial charge in [0, 0.05) is 11.7 Å². The molecule has 1 saturated heterocycles. The first-order chi connectivity index (χ1) is 14.0. The largest absolute Gasteiger partial charge is 0.481 e. The zero-order valence-electron chi connectivity index (χ0n) is 18.9. The lowest BCUT2D eigenvalue weighted by Gasteiger charge is -2.36. The second-order valence-electron chi connectivity index (χ2n) is 9.66. The van der Waals surface area contributed by atoms with Crippen LogP contribution in [-0.2, 0) is 16.0 Å². The van der Waals surface area contributed by atoms with Crippen LogP contribution in [0.3, 0.4) is 0 Å². The van der Waals surface area contributed by atoms with Crippen molar-refractivity contribution >= 4 is 17.6 Å². The molecule has 1 aromatic carbocycles. The molecule has 3 rings (SSSR count). The lowest BCUT2D eigenvalue weighted by molar-refractivity contribution is -0.157. The van der Waals surface area contributed by atoms with Crippen LogP contribution in [0.4, 0.5) is 5.69 Å². The predicted octanol–water partition coefficient (Wildman–Crippen LogP) is 4.28. The second-order valence-corrected chi connectivity index (χ2v) is 9.66. The first kappa shape index (κ1) is 24.2. The molecule has 30 heavy (non-hydrogen) atoms. The van der Waals surface area contributed by atoms with E-state index >= 15 is 0 Å². The lowest BCUT2D eigenvalue weighted by atomic mass is 9.66. The third-order valence-corrected chi connectivity index (χ3v) is 7.72. The number of carboxylic acid groups (broad SMARTS) is 2. The number of carbonyl (C=O) groups is 2. The Balaban J connectivity index is 0.000000216. The van der Waals surface area contributed by atoms with Crippen molar-refractivity contribution in [3.8, 4) is 0 Å². The van der Waals surface area contributed by atoms with E-state index in [0.717, 1.165) is 18.2 Å². The molecule has 1 aliphatic heterocycles. The number of aliphatic carboxylic acids is 2. The van der Waals surface area contributed by atoms with Gasteiger partial charge in [-0.2, -0.15) is 0 Å². The normalized spacial score (nSPS) is 28.4. The van der Waals surface area contributed by atoms with Gasteiger partial charge in [-0.15, -0.1) is 0 Å². The molecule has 0 radical (unpaired) electrons. The average Bonchev–Trinajstić information content (AvgIpc) is 2.93. The molecule has 4 N–H and O–H groups in total. The Morgan fingerprint density at radius 3 is 2.30 bits per heavy atom. The minimum atomic E-state index is -0.921. The molecule has 1 heterocycles. The van der Waals surface area contributed by atoms with Crippen molar-refractivity contribution < 1.29 is 19.8 Å². The third-order valence-electron chi connectivity index (χ3n) is 7.72. The SMILES string of the molecule is CC1(C)[C@@H](C(=O)O)CC[C@@]1(C)C(=O)O.CN1CCCC[C@H]1CCc1ccccc1N. The van der Waals surface area contributed by atoms with Gasteiger partial charge in [-0.25, -0.2) is 0 Å². The summed E-state index contributed by atoms with van der Waals surface area (Å²) in [6, 6.07) is 8.99. The van der Waals surface area contributed by atoms with Crippen molar-refractivity contribution in [2.45, 2.75) is 71.8 Å². The number of hydrogen-bond donors (Lipinski definition) is 3. The van der Waals surface area contributed by atoms with Gasteiger partial charge in [-0.1, -0.05) is 38.5 Å². The molecule has 0 bridgehead atoms. The lowest BCUT2D eigenvalue weighted by Crippen LogP contribution is -2.42. The second kappa shape index (κ2) is 9.82. The Morgan fingerprint density at radius 1 is 1.13 bits per heavy atom. The van der Waals surface area contributed by atoms with Gasteiger partial charge in [0.1, 0.15) is 0 Å². The standard InChI is InChI=1S/C14H22N2.C10H16O4/c1-16-11-5-4-7-13(16)10-9-12-6-2-3-8-14(12)15;1-9(2)6(7(11)12)4-5-10(9,3)8(13)14/h2-3,6,8,13H,4-5,7,9-11,15H2,1H3;6H,4-5H2,1-3H3,(H,11,12)(H,13,14)/t13-;6-,10+/m01/s1. The van der Waals surface area contributed by atoms with Crippen LogP contribution in [0.1, 0.15) is 64.9 Å². The van der Waals surface area contributed by atoms with Crippen molar-refractivity contribution in [1.82, 2.24) is 4.90 Å². The van der Waals surface area contributed by atoms with E-state index in [-0.39, 0.29) is 0 Å². The van der Waals surface area contributed by atoms with Crippen LogP contribution in [-0.4, -0.2) is 46.7 Å². The van der Waals surface area contributed by atoms with E-state index in [1.54, 1.807) is 20.8 Å². The summed E-state index contributed by atoms with van der Waals surface area (Å²) >= 11 is 0. The van der Waals surface area contributed by atoms with E-state index < -0.39 is 28.7 Å². The number of anilines is 1. The van der Waals surface area contributed by atoms with Crippen LogP contribution >= 0.6 is 0 Å². The molecule has 3 atom stereocenters. The molecule has 0 aromatic heterocycles. The number of aryl methyl sites for hydroxylation is 1. The fraction of sp³-hybridized carbons (Fsp3) is 0.667. The highest BCUT2D eigenvalue weighted by Crippen LogP contribution is 2.56.